The van der Waals surface area contributed by atoms with E-state index in [1.807, 2.05) is 21.7 Å². The van der Waals surface area contributed by atoms with Crippen LogP contribution in [0.2, 0.25) is 0 Å². The first-order valence-corrected chi connectivity index (χ1v) is 10.2. The number of piperazine rings is 1. The molecule has 4 heterocycles. The molecule has 0 aliphatic carbocycles. The summed E-state index contributed by atoms with van der Waals surface area (Å²) in [5.41, 5.74) is 0.957. The number of nitrogens with zero attached hydrogens (tertiary/aromatic N) is 4. The Morgan fingerprint density at radius 2 is 2.19 bits per heavy atom. The maximum Gasteiger partial charge on any atom is 0.227 e. The van der Waals surface area contributed by atoms with Crippen molar-refractivity contribution in [2.45, 2.75) is 31.8 Å². The highest BCUT2D eigenvalue weighted by Gasteiger charge is 2.25. The van der Waals surface area contributed by atoms with Gasteiger partial charge in [0.2, 0.25) is 17.6 Å². The highest BCUT2D eigenvalue weighted by molar-refractivity contribution is 7.08. The number of rotatable bonds is 6. The van der Waals surface area contributed by atoms with Crippen LogP contribution in [0, 0.1) is 0 Å². The molecule has 2 aromatic rings. The van der Waals surface area contributed by atoms with E-state index in [4.69, 9.17) is 9.26 Å². The average molecular weight is 376 g/mol. The molecule has 2 aliphatic heterocycles. The quantitative estimate of drug-likeness (QED) is 0.768. The summed E-state index contributed by atoms with van der Waals surface area (Å²) in [5, 5.41) is 7.95. The summed E-state index contributed by atoms with van der Waals surface area (Å²) in [6.07, 6.45) is 3.62. The van der Waals surface area contributed by atoms with Gasteiger partial charge < -0.3 is 14.2 Å². The summed E-state index contributed by atoms with van der Waals surface area (Å²) in [4.78, 5) is 21.2. The number of aryl methyl sites for hydroxylation is 1. The number of hydrogen-bond acceptors (Lipinski definition) is 7. The molecule has 0 bridgehead atoms. The van der Waals surface area contributed by atoms with E-state index in [0.717, 1.165) is 51.3 Å². The van der Waals surface area contributed by atoms with Gasteiger partial charge in [-0.25, -0.2) is 0 Å². The zero-order chi connectivity index (χ0) is 17.8. The van der Waals surface area contributed by atoms with E-state index in [9.17, 15) is 4.79 Å². The molecule has 2 aromatic heterocycles. The summed E-state index contributed by atoms with van der Waals surface area (Å²) < 4.78 is 11.0. The van der Waals surface area contributed by atoms with Crippen LogP contribution in [-0.4, -0.2) is 71.3 Å². The minimum atomic E-state index is 0.164. The number of amides is 1. The summed E-state index contributed by atoms with van der Waals surface area (Å²) in [6, 6.07) is 1.96. The summed E-state index contributed by atoms with van der Waals surface area (Å²) in [6.45, 7) is 5.32. The van der Waals surface area contributed by atoms with Crippen LogP contribution in [0.25, 0.3) is 11.4 Å². The topological polar surface area (TPSA) is 71.7 Å². The zero-order valence-corrected chi connectivity index (χ0v) is 15.6. The van der Waals surface area contributed by atoms with Crippen molar-refractivity contribution in [3.05, 3.63) is 22.7 Å². The standard InChI is InChI=1S/C18H24N4O3S/c23-17(4-3-16-19-18(20-25-16)14-5-11-26-13-14)22-8-6-21(7-9-22)12-15-2-1-10-24-15/h5,11,13,15H,1-4,6-10,12H2. The molecule has 0 aromatic carbocycles. The van der Waals surface area contributed by atoms with Crippen LogP contribution in [0.1, 0.15) is 25.2 Å². The van der Waals surface area contributed by atoms with Crippen LogP contribution >= 0.6 is 11.3 Å². The van der Waals surface area contributed by atoms with Crippen molar-refractivity contribution in [1.29, 1.82) is 0 Å². The molecule has 26 heavy (non-hydrogen) atoms. The van der Waals surface area contributed by atoms with Gasteiger partial charge in [0.05, 0.1) is 6.10 Å². The van der Waals surface area contributed by atoms with Gasteiger partial charge in [-0.2, -0.15) is 16.3 Å². The number of thiophene rings is 1. The lowest BCUT2D eigenvalue weighted by molar-refractivity contribution is -0.133. The molecule has 1 amide bonds. The van der Waals surface area contributed by atoms with E-state index < -0.39 is 0 Å². The maximum absolute atomic E-state index is 12.5. The van der Waals surface area contributed by atoms with Crippen LogP contribution in [0.5, 0.6) is 0 Å². The molecule has 0 radical (unpaired) electrons. The van der Waals surface area contributed by atoms with E-state index in [1.54, 1.807) is 11.3 Å². The Labute approximate surface area is 156 Å². The van der Waals surface area contributed by atoms with Crippen molar-refractivity contribution in [2.75, 3.05) is 39.3 Å². The van der Waals surface area contributed by atoms with E-state index in [-0.39, 0.29) is 5.91 Å². The fraction of sp³-hybridized carbons (Fsp3) is 0.611. The second-order valence-electron chi connectivity index (χ2n) is 6.84. The van der Waals surface area contributed by atoms with E-state index in [2.05, 4.69) is 15.0 Å². The van der Waals surface area contributed by atoms with Crippen molar-refractivity contribution in [1.82, 2.24) is 19.9 Å². The second-order valence-corrected chi connectivity index (χ2v) is 7.62. The zero-order valence-electron chi connectivity index (χ0n) is 14.8. The number of carbonyl (C=O) groups is 1. The van der Waals surface area contributed by atoms with Gasteiger partial charge in [-0.3, -0.25) is 9.69 Å². The molecule has 4 rings (SSSR count). The van der Waals surface area contributed by atoms with Crippen molar-refractivity contribution in [3.8, 4) is 11.4 Å². The fourth-order valence-corrected chi connectivity index (χ4v) is 4.13. The molecule has 2 aliphatic rings. The molecule has 0 saturated carbocycles. The predicted octanol–water partition coefficient (Wildman–Crippen LogP) is 2.05. The summed E-state index contributed by atoms with van der Waals surface area (Å²) in [7, 11) is 0. The van der Waals surface area contributed by atoms with E-state index >= 15 is 0 Å². The van der Waals surface area contributed by atoms with Crippen LogP contribution in [-0.2, 0) is 16.0 Å². The summed E-state index contributed by atoms with van der Waals surface area (Å²) >= 11 is 1.60. The van der Waals surface area contributed by atoms with Gasteiger partial charge in [-0.15, -0.1) is 0 Å². The maximum atomic E-state index is 12.5. The van der Waals surface area contributed by atoms with Gasteiger partial charge in [0.25, 0.3) is 0 Å². The monoisotopic (exact) mass is 376 g/mol. The van der Waals surface area contributed by atoms with Gasteiger partial charge in [0.1, 0.15) is 0 Å². The summed E-state index contributed by atoms with van der Waals surface area (Å²) in [5.74, 6) is 1.28. The normalized spacial score (nSPS) is 21.4. The first-order valence-electron chi connectivity index (χ1n) is 9.25. The Morgan fingerprint density at radius 3 is 2.92 bits per heavy atom. The minimum absolute atomic E-state index is 0.164. The Morgan fingerprint density at radius 1 is 1.31 bits per heavy atom. The number of carbonyl (C=O) groups excluding carboxylic acids is 1. The lowest BCUT2D eigenvalue weighted by Gasteiger charge is -2.35. The molecule has 2 saturated heterocycles. The third-order valence-electron chi connectivity index (χ3n) is 5.01. The largest absolute Gasteiger partial charge is 0.377 e. The van der Waals surface area contributed by atoms with Crippen molar-refractivity contribution in [3.63, 3.8) is 0 Å². The van der Waals surface area contributed by atoms with Crippen LogP contribution in [0.15, 0.2) is 21.3 Å². The van der Waals surface area contributed by atoms with Gasteiger partial charge in [-0.05, 0) is 24.3 Å². The third kappa shape index (κ3) is 4.31. The number of hydrogen-bond donors (Lipinski definition) is 0. The van der Waals surface area contributed by atoms with E-state index in [0.29, 0.717) is 30.7 Å². The molecule has 7 nitrogen and oxygen atoms in total. The molecule has 140 valence electrons. The second kappa shape index (κ2) is 8.28. The van der Waals surface area contributed by atoms with Gasteiger partial charge in [-0.1, -0.05) is 5.16 Å². The molecule has 1 atom stereocenters. The Kier molecular flexibility index (Phi) is 5.62. The van der Waals surface area contributed by atoms with Crippen molar-refractivity contribution < 1.29 is 14.1 Å². The molecule has 0 N–H and O–H groups in total. The molecular weight excluding hydrogens is 352 g/mol. The molecule has 1 unspecified atom stereocenters. The van der Waals surface area contributed by atoms with Gasteiger partial charge in [0, 0.05) is 63.1 Å². The fourth-order valence-electron chi connectivity index (χ4n) is 3.49. The van der Waals surface area contributed by atoms with Crippen LogP contribution in [0.4, 0.5) is 0 Å². The smallest absolute Gasteiger partial charge is 0.227 e. The first-order chi connectivity index (χ1) is 12.8. The predicted molar refractivity (Wildman–Crippen MR) is 97.9 cm³/mol. The first kappa shape index (κ1) is 17.6. The molecular formula is C18H24N4O3S. The van der Waals surface area contributed by atoms with Crippen LogP contribution in [0.3, 0.4) is 0 Å². The molecule has 0 spiro atoms. The lowest BCUT2D eigenvalue weighted by Crippen LogP contribution is -2.50. The van der Waals surface area contributed by atoms with Crippen molar-refractivity contribution >= 4 is 17.2 Å². The Balaban J connectivity index is 1.20. The minimum Gasteiger partial charge on any atom is -0.377 e. The Hall–Kier alpha value is -1.77. The van der Waals surface area contributed by atoms with Crippen LogP contribution < -0.4 is 0 Å². The third-order valence-corrected chi connectivity index (χ3v) is 5.69. The molecule has 8 heteroatoms. The average Bonchev–Trinajstić information content (AvgIpc) is 3.41. The van der Waals surface area contributed by atoms with E-state index in [1.165, 1.54) is 6.42 Å². The lowest BCUT2D eigenvalue weighted by atomic mass is 10.2. The number of aromatic nitrogens is 2. The Bertz CT molecular complexity index is 704. The van der Waals surface area contributed by atoms with Crippen molar-refractivity contribution in [2.24, 2.45) is 0 Å². The number of ether oxygens (including phenoxy) is 1. The van der Waals surface area contributed by atoms with Gasteiger partial charge >= 0.3 is 0 Å². The highest BCUT2D eigenvalue weighted by Crippen LogP contribution is 2.19. The SMILES string of the molecule is O=C(CCc1nc(-c2ccsc2)no1)N1CCN(CC2CCCO2)CC1. The highest BCUT2D eigenvalue weighted by atomic mass is 32.1. The molecule has 2 fully saturated rings. The van der Waals surface area contributed by atoms with Gasteiger partial charge in [0.15, 0.2) is 0 Å².